The summed E-state index contributed by atoms with van der Waals surface area (Å²) in [6, 6.07) is 17.7. The van der Waals surface area contributed by atoms with E-state index in [0.29, 0.717) is 48.8 Å². The van der Waals surface area contributed by atoms with E-state index in [2.05, 4.69) is 18.0 Å². The monoisotopic (exact) mass is 376 g/mol. The highest BCUT2D eigenvalue weighted by Gasteiger charge is 2.39. The molecule has 2 bridgehead atoms. The lowest BCUT2D eigenvalue weighted by Crippen LogP contribution is -2.55. The van der Waals surface area contributed by atoms with Crippen LogP contribution in [0.2, 0.25) is 0 Å². The number of hydrogen-bond acceptors (Lipinski definition) is 5. The minimum Gasteiger partial charge on any atom is -0.487 e. The van der Waals surface area contributed by atoms with E-state index in [-0.39, 0.29) is 11.7 Å². The molecule has 2 aliphatic heterocycles. The summed E-state index contributed by atoms with van der Waals surface area (Å²) in [5, 5.41) is 9.40. The number of benzene rings is 2. The van der Waals surface area contributed by atoms with E-state index in [1.54, 1.807) is 18.2 Å². The molecule has 0 spiro atoms. The first-order valence-electron chi connectivity index (χ1n) is 9.70. The zero-order valence-corrected chi connectivity index (χ0v) is 16.0. The smallest absolute Gasteiger partial charge is 0.166 e. The average molecular weight is 376 g/mol. The Labute approximate surface area is 165 Å². The Hall–Kier alpha value is -2.68. The van der Waals surface area contributed by atoms with Gasteiger partial charge in [0.1, 0.15) is 18.4 Å². The van der Waals surface area contributed by atoms with Gasteiger partial charge < -0.3 is 9.47 Å². The van der Waals surface area contributed by atoms with Gasteiger partial charge in [-0.15, -0.1) is 0 Å². The first-order valence-corrected chi connectivity index (χ1v) is 9.70. The number of likely N-dealkylation sites (N-methyl/N-ethyl adjacent to an activating group) is 1. The summed E-state index contributed by atoms with van der Waals surface area (Å²) in [7, 11) is 2.12. The Kier molecular flexibility index (Phi) is 5.43. The predicted octanol–water partition coefficient (Wildman–Crippen LogP) is 3.43. The summed E-state index contributed by atoms with van der Waals surface area (Å²) in [6.45, 7) is 1.74. The van der Waals surface area contributed by atoms with Crippen molar-refractivity contribution in [1.29, 1.82) is 5.26 Å². The molecule has 2 aliphatic rings. The molecule has 0 aliphatic carbocycles. The van der Waals surface area contributed by atoms with Crippen LogP contribution in [-0.4, -0.2) is 43.0 Å². The molecule has 2 fully saturated rings. The molecule has 2 saturated heterocycles. The lowest BCUT2D eigenvalue weighted by molar-refractivity contribution is -0.0702. The fourth-order valence-electron chi connectivity index (χ4n) is 4.17. The number of nitrogens with zero attached hydrogens (tertiary/aromatic N) is 2. The van der Waals surface area contributed by atoms with Gasteiger partial charge in [0, 0.05) is 23.6 Å². The standard InChI is InChI=1S/C23H24N2O3/c1-25-20-9-19(10-21(25)15-27-14-20)23(26)17-7-8-18(12-24)22(11-17)28-13-16-5-3-2-4-6-16/h2-8,11,19-21H,9-10,13-15H2,1H3. The number of piperidine rings is 1. The number of morpholine rings is 1. The lowest BCUT2D eigenvalue weighted by Gasteiger charge is -2.46. The van der Waals surface area contributed by atoms with E-state index >= 15 is 0 Å². The molecule has 2 aromatic carbocycles. The fraction of sp³-hybridized carbons (Fsp3) is 0.391. The highest BCUT2D eigenvalue weighted by atomic mass is 16.5. The van der Waals surface area contributed by atoms with Crippen molar-refractivity contribution in [3.63, 3.8) is 0 Å². The Morgan fingerprint density at radius 3 is 2.57 bits per heavy atom. The van der Waals surface area contributed by atoms with Crippen molar-refractivity contribution in [3.05, 3.63) is 65.2 Å². The maximum absolute atomic E-state index is 13.2. The van der Waals surface area contributed by atoms with Crippen LogP contribution in [0, 0.1) is 17.2 Å². The molecule has 0 N–H and O–H groups in total. The zero-order chi connectivity index (χ0) is 19.5. The average Bonchev–Trinajstić information content (AvgIpc) is 2.72. The van der Waals surface area contributed by atoms with Crippen molar-refractivity contribution in [2.45, 2.75) is 31.5 Å². The van der Waals surface area contributed by atoms with E-state index in [0.717, 1.165) is 18.4 Å². The Morgan fingerprint density at radius 2 is 1.89 bits per heavy atom. The topological polar surface area (TPSA) is 62.6 Å². The molecule has 5 nitrogen and oxygen atoms in total. The molecule has 2 unspecified atom stereocenters. The molecule has 0 aromatic heterocycles. The van der Waals surface area contributed by atoms with Crippen LogP contribution < -0.4 is 4.74 Å². The summed E-state index contributed by atoms with van der Waals surface area (Å²) in [5.74, 6) is 0.595. The first-order chi connectivity index (χ1) is 13.7. The maximum Gasteiger partial charge on any atom is 0.166 e. The minimum absolute atomic E-state index is 0.00925. The second-order valence-corrected chi connectivity index (χ2v) is 7.64. The fourth-order valence-corrected chi connectivity index (χ4v) is 4.17. The summed E-state index contributed by atoms with van der Waals surface area (Å²) >= 11 is 0. The third kappa shape index (κ3) is 3.80. The predicted molar refractivity (Wildman–Crippen MR) is 105 cm³/mol. The number of fused-ring (bicyclic) bond motifs is 2. The van der Waals surface area contributed by atoms with Crippen LogP contribution in [0.5, 0.6) is 5.75 Å². The van der Waals surface area contributed by atoms with Gasteiger partial charge in [-0.3, -0.25) is 9.69 Å². The zero-order valence-electron chi connectivity index (χ0n) is 16.0. The molecule has 4 rings (SSSR count). The molecule has 2 aromatic rings. The van der Waals surface area contributed by atoms with Crippen molar-refractivity contribution in [2.24, 2.45) is 5.92 Å². The molecule has 2 heterocycles. The highest BCUT2D eigenvalue weighted by molar-refractivity contribution is 5.98. The van der Waals surface area contributed by atoms with E-state index in [9.17, 15) is 10.1 Å². The highest BCUT2D eigenvalue weighted by Crippen LogP contribution is 2.33. The largest absolute Gasteiger partial charge is 0.487 e. The van der Waals surface area contributed by atoms with Crippen molar-refractivity contribution in [3.8, 4) is 11.8 Å². The van der Waals surface area contributed by atoms with Gasteiger partial charge in [0.25, 0.3) is 0 Å². The van der Waals surface area contributed by atoms with Crippen LogP contribution in [0.1, 0.15) is 34.3 Å². The van der Waals surface area contributed by atoms with Gasteiger partial charge in [0.15, 0.2) is 5.78 Å². The second kappa shape index (κ2) is 8.14. The lowest BCUT2D eigenvalue weighted by atomic mass is 9.81. The Morgan fingerprint density at radius 1 is 1.18 bits per heavy atom. The van der Waals surface area contributed by atoms with Crippen LogP contribution >= 0.6 is 0 Å². The quantitative estimate of drug-likeness (QED) is 0.748. The minimum atomic E-state index is -0.00925. The van der Waals surface area contributed by atoms with Crippen molar-refractivity contribution < 1.29 is 14.3 Å². The Bertz CT molecular complexity index is 876. The van der Waals surface area contributed by atoms with Crippen molar-refractivity contribution in [2.75, 3.05) is 20.3 Å². The summed E-state index contributed by atoms with van der Waals surface area (Å²) in [5.41, 5.74) is 2.09. The maximum atomic E-state index is 13.2. The van der Waals surface area contributed by atoms with Crippen LogP contribution in [0.15, 0.2) is 48.5 Å². The molecular weight excluding hydrogens is 352 g/mol. The van der Waals surface area contributed by atoms with Crippen LogP contribution in [0.25, 0.3) is 0 Å². The number of rotatable bonds is 5. The molecule has 0 amide bonds. The Balaban J connectivity index is 1.51. The number of carbonyl (C=O) groups is 1. The molecule has 2 atom stereocenters. The third-order valence-electron chi connectivity index (χ3n) is 5.88. The number of ether oxygens (including phenoxy) is 2. The third-order valence-corrected chi connectivity index (χ3v) is 5.88. The molecule has 0 radical (unpaired) electrons. The molecular formula is C23H24N2O3. The van der Waals surface area contributed by atoms with Gasteiger partial charge in [-0.2, -0.15) is 5.26 Å². The van der Waals surface area contributed by atoms with E-state index in [1.165, 1.54) is 0 Å². The molecule has 28 heavy (non-hydrogen) atoms. The normalized spacial score (nSPS) is 24.4. The first kappa shape index (κ1) is 18.7. The van der Waals surface area contributed by atoms with E-state index in [4.69, 9.17) is 9.47 Å². The molecule has 5 heteroatoms. The molecule has 144 valence electrons. The van der Waals surface area contributed by atoms with E-state index in [1.807, 2.05) is 30.3 Å². The van der Waals surface area contributed by atoms with Gasteiger partial charge in [-0.05, 0) is 43.7 Å². The van der Waals surface area contributed by atoms with E-state index < -0.39 is 0 Å². The van der Waals surface area contributed by atoms with Gasteiger partial charge in [0.05, 0.1) is 18.8 Å². The SMILES string of the molecule is CN1C2COCC1CC(C(=O)c1ccc(C#N)c(OCc3ccccc3)c1)C2. The van der Waals surface area contributed by atoms with Crippen LogP contribution in [0.3, 0.4) is 0 Å². The number of carbonyl (C=O) groups excluding carboxylic acids is 1. The van der Waals surface area contributed by atoms with Gasteiger partial charge in [-0.1, -0.05) is 30.3 Å². The number of nitriles is 1. The summed E-state index contributed by atoms with van der Waals surface area (Å²) < 4.78 is 11.5. The van der Waals surface area contributed by atoms with Gasteiger partial charge in [0.2, 0.25) is 0 Å². The number of hydrogen-bond donors (Lipinski definition) is 0. The summed E-state index contributed by atoms with van der Waals surface area (Å²) in [4.78, 5) is 15.5. The van der Waals surface area contributed by atoms with Crippen LogP contribution in [0.4, 0.5) is 0 Å². The number of ketones is 1. The number of Topliss-reactive ketones (excluding diaryl/α,β-unsaturated/α-hetero) is 1. The molecule has 0 saturated carbocycles. The van der Waals surface area contributed by atoms with Gasteiger partial charge >= 0.3 is 0 Å². The van der Waals surface area contributed by atoms with Crippen molar-refractivity contribution in [1.82, 2.24) is 4.90 Å². The van der Waals surface area contributed by atoms with Crippen molar-refractivity contribution >= 4 is 5.78 Å². The van der Waals surface area contributed by atoms with Gasteiger partial charge in [-0.25, -0.2) is 0 Å². The second-order valence-electron chi connectivity index (χ2n) is 7.64. The van der Waals surface area contributed by atoms with Crippen LogP contribution in [-0.2, 0) is 11.3 Å². The summed E-state index contributed by atoms with van der Waals surface area (Å²) in [6.07, 6.45) is 1.62.